The Balaban J connectivity index is 1.35. The van der Waals surface area contributed by atoms with Crippen LogP contribution in [-0.4, -0.2) is 50.6 Å². The normalized spacial score (nSPS) is 19.6. The van der Waals surface area contributed by atoms with Crippen molar-refractivity contribution >= 4 is 11.8 Å². The van der Waals surface area contributed by atoms with Gasteiger partial charge in [-0.1, -0.05) is 18.2 Å². The molecule has 2 aliphatic rings. The van der Waals surface area contributed by atoms with E-state index >= 15 is 0 Å². The molecule has 1 unspecified atom stereocenters. The molecular weight excluding hydrogens is 413 g/mol. The minimum atomic E-state index is -4.36. The monoisotopic (exact) mass is 436 g/mol. The van der Waals surface area contributed by atoms with Gasteiger partial charge in [0.1, 0.15) is 11.9 Å². The summed E-state index contributed by atoms with van der Waals surface area (Å²) in [4.78, 5) is 25.6. The van der Waals surface area contributed by atoms with Gasteiger partial charge in [0.05, 0.1) is 12.1 Å². The van der Waals surface area contributed by atoms with Crippen LogP contribution in [0.3, 0.4) is 0 Å². The molecule has 0 spiro atoms. The largest absolute Gasteiger partial charge is 0.416 e. The lowest BCUT2D eigenvalue weighted by molar-refractivity contribution is -0.137. The van der Waals surface area contributed by atoms with E-state index in [4.69, 9.17) is 0 Å². The lowest BCUT2D eigenvalue weighted by Gasteiger charge is -2.20. The number of benzene rings is 1. The van der Waals surface area contributed by atoms with Crippen LogP contribution in [0.25, 0.3) is 0 Å². The van der Waals surface area contributed by atoms with Gasteiger partial charge < -0.3 is 15.2 Å². The van der Waals surface area contributed by atoms with Crippen molar-refractivity contribution in [1.82, 2.24) is 30.3 Å². The average molecular weight is 436 g/mol. The van der Waals surface area contributed by atoms with E-state index in [1.54, 1.807) is 6.07 Å². The Morgan fingerprint density at radius 1 is 1.19 bits per heavy atom. The van der Waals surface area contributed by atoms with Crippen molar-refractivity contribution in [3.8, 4) is 0 Å². The predicted molar refractivity (Wildman–Crippen MR) is 103 cm³/mol. The van der Waals surface area contributed by atoms with Crippen LogP contribution >= 0.6 is 0 Å². The van der Waals surface area contributed by atoms with Crippen molar-refractivity contribution in [2.75, 3.05) is 13.1 Å². The second-order valence-electron chi connectivity index (χ2n) is 7.78. The van der Waals surface area contributed by atoms with Crippen molar-refractivity contribution in [3.63, 3.8) is 0 Å². The maximum atomic E-state index is 13.0. The maximum Gasteiger partial charge on any atom is 0.416 e. The van der Waals surface area contributed by atoms with Crippen molar-refractivity contribution in [1.29, 1.82) is 0 Å². The molecular formula is C20H23F3N6O2. The number of nitrogens with zero attached hydrogens (tertiary/aromatic N) is 4. The third-order valence-electron chi connectivity index (χ3n) is 5.59. The van der Waals surface area contributed by atoms with Gasteiger partial charge in [-0.25, -0.2) is 0 Å². The average Bonchev–Trinajstić information content (AvgIpc) is 3.28. The van der Waals surface area contributed by atoms with Crippen molar-refractivity contribution in [3.05, 3.63) is 47.0 Å². The van der Waals surface area contributed by atoms with Crippen LogP contribution < -0.4 is 10.6 Å². The van der Waals surface area contributed by atoms with E-state index in [1.165, 1.54) is 12.1 Å². The second kappa shape index (κ2) is 8.66. The Morgan fingerprint density at radius 3 is 2.77 bits per heavy atom. The molecule has 1 fully saturated rings. The molecule has 31 heavy (non-hydrogen) atoms. The summed E-state index contributed by atoms with van der Waals surface area (Å²) in [5.41, 5.74) is -0.0352. The molecule has 8 nitrogen and oxygen atoms in total. The van der Waals surface area contributed by atoms with Crippen LogP contribution in [0.2, 0.25) is 0 Å². The standard InChI is InChI=1S/C20H23F3N6O2/c21-20(22,23)14-3-1-2-13(10-14)12-28-7-6-16-26-27-17(29(16)9-8-28)11-24-19(31)15-4-5-18(30)25-15/h1-3,10,15H,4-9,11-12H2,(H,24,31)(H,25,30). The summed E-state index contributed by atoms with van der Waals surface area (Å²) in [5, 5.41) is 13.8. The molecule has 11 heteroatoms. The molecule has 1 aromatic carbocycles. The van der Waals surface area contributed by atoms with Crippen LogP contribution in [0.4, 0.5) is 13.2 Å². The van der Waals surface area contributed by atoms with Crippen LogP contribution in [0.1, 0.15) is 35.6 Å². The number of carbonyl (C=O) groups is 2. The second-order valence-corrected chi connectivity index (χ2v) is 7.78. The number of alkyl halides is 3. The van der Waals surface area contributed by atoms with E-state index in [1.807, 2.05) is 4.57 Å². The predicted octanol–water partition coefficient (Wildman–Crippen LogP) is 1.25. The summed E-state index contributed by atoms with van der Waals surface area (Å²) in [6, 6.07) is 4.88. The lowest BCUT2D eigenvalue weighted by Crippen LogP contribution is -2.41. The fourth-order valence-electron chi connectivity index (χ4n) is 3.92. The Kier molecular flexibility index (Phi) is 5.94. The number of amides is 2. The van der Waals surface area contributed by atoms with E-state index in [0.717, 1.165) is 11.9 Å². The van der Waals surface area contributed by atoms with Gasteiger partial charge in [-0.2, -0.15) is 13.2 Å². The molecule has 0 radical (unpaired) electrons. The van der Waals surface area contributed by atoms with Gasteiger partial charge in [-0.15, -0.1) is 10.2 Å². The number of rotatable bonds is 5. The topological polar surface area (TPSA) is 92.1 Å². The number of carbonyl (C=O) groups excluding carboxylic acids is 2. The Hall–Kier alpha value is -2.95. The fraction of sp³-hybridized carbons (Fsp3) is 0.500. The van der Waals surface area contributed by atoms with Crippen LogP contribution in [0, 0.1) is 0 Å². The molecule has 0 bridgehead atoms. The fourth-order valence-corrected chi connectivity index (χ4v) is 3.92. The van der Waals surface area contributed by atoms with Gasteiger partial charge in [-0.3, -0.25) is 14.5 Å². The first kappa shape index (κ1) is 21.3. The number of hydrogen-bond donors (Lipinski definition) is 2. The van der Waals surface area contributed by atoms with Gasteiger partial charge in [0.25, 0.3) is 0 Å². The third kappa shape index (κ3) is 5.04. The van der Waals surface area contributed by atoms with Crippen molar-refractivity contribution in [2.45, 2.75) is 51.1 Å². The van der Waals surface area contributed by atoms with Gasteiger partial charge in [-0.05, 0) is 18.1 Å². The molecule has 3 heterocycles. The quantitative estimate of drug-likeness (QED) is 0.736. The first-order valence-electron chi connectivity index (χ1n) is 10.2. The van der Waals surface area contributed by atoms with Crippen molar-refractivity contribution < 1.29 is 22.8 Å². The van der Waals surface area contributed by atoms with E-state index in [2.05, 4.69) is 25.7 Å². The molecule has 4 rings (SSSR count). The molecule has 1 atom stereocenters. The van der Waals surface area contributed by atoms with Gasteiger partial charge in [0.15, 0.2) is 5.82 Å². The highest BCUT2D eigenvalue weighted by atomic mass is 19.4. The number of aromatic nitrogens is 3. The molecule has 0 saturated carbocycles. The van der Waals surface area contributed by atoms with Crippen LogP contribution in [-0.2, 0) is 41.8 Å². The van der Waals surface area contributed by atoms with Gasteiger partial charge >= 0.3 is 6.18 Å². The molecule has 1 aromatic heterocycles. The highest BCUT2D eigenvalue weighted by Gasteiger charge is 2.31. The molecule has 2 N–H and O–H groups in total. The Bertz CT molecular complexity index is 974. The summed E-state index contributed by atoms with van der Waals surface area (Å²) in [6.07, 6.45) is -2.92. The van der Waals surface area contributed by atoms with Crippen LogP contribution in [0.15, 0.2) is 24.3 Å². The van der Waals surface area contributed by atoms with Crippen LogP contribution in [0.5, 0.6) is 0 Å². The SMILES string of the molecule is O=C1CCC(C(=O)NCc2nnc3n2CCN(Cc2cccc(C(F)(F)F)c2)CC3)N1. The smallest absolute Gasteiger partial charge is 0.347 e. The lowest BCUT2D eigenvalue weighted by atomic mass is 10.1. The first-order valence-corrected chi connectivity index (χ1v) is 10.2. The summed E-state index contributed by atoms with van der Waals surface area (Å²) in [7, 11) is 0. The number of hydrogen-bond acceptors (Lipinski definition) is 5. The summed E-state index contributed by atoms with van der Waals surface area (Å²) in [5.74, 6) is 1.03. The zero-order valence-corrected chi connectivity index (χ0v) is 16.8. The summed E-state index contributed by atoms with van der Waals surface area (Å²) in [6.45, 7) is 2.46. The number of fused-ring (bicyclic) bond motifs is 1. The highest BCUT2D eigenvalue weighted by molar-refractivity contribution is 5.90. The minimum absolute atomic E-state index is 0.127. The zero-order valence-electron chi connectivity index (χ0n) is 16.8. The van der Waals surface area contributed by atoms with E-state index in [9.17, 15) is 22.8 Å². The van der Waals surface area contributed by atoms with E-state index in [-0.39, 0.29) is 18.4 Å². The van der Waals surface area contributed by atoms with Gasteiger partial charge in [0, 0.05) is 39.0 Å². The summed E-state index contributed by atoms with van der Waals surface area (Å²) < 4.78 is 40.8. The van der Waals surface area contributed by atoms with Crippen molar-refractivity contribution in [2.24, 2.45) is 0 Å². The highest BCUT2D eigenvalue weighted by Crippen LogP contribution is 2.29. The summed E-state index contributed by atoms with van der Waals surface area (Å²) >= 11 is 0. The number of nitrogens with one attached hydrogen (secondary N) is 2. The van der Waals surface area contributed by atoms with Gasteiger partial charge in [0.2, 0.25) is 11.8 Å². The minimum Gasteiger partial charge on any atom is -0.347 e. The first-order chi connectivity index (χ1) is 14.8. The molecule has 1 saturated heterocycles. The Labute approximate surface area is 176 Å². The third-order valence-corrected chi connectivity index (χ3v) is 5.59. The molecule has 2 aliphatic heterocycles. The molecule has 2 amide bonds. The molecule has 0 aliphatic carbocycles. The maximum absolute atomic E-state index is 13.0. The van der Waals surface area contributed by atoms with E-state index < -0.39 is 17.8 Å². The molecule has 2 aromatic rings. The zero-order chi connectivity index (χ0) is 22.0. The molecule has 166 valence electrons. The number of halogens is 3. The van der Waals surface area contributed by atoms with E-state index in [0.29, 0.717) is 56.8 Å². The Morgan fingerprint density at radius 2 is 2.03 bits per heavy atom.